The molecule has 96 valence electrons. The zero-order chi connectivity index (χ0) is 13.5. The molecule has 7 heteroatoms. The molecule has 0 aliphatic heterocycles. The van der Waals surface area contributed by atoms with Gasteiger partial charge in [0.15, 0.2) is 0 Å². The maximum atomic E-state index is 11.2. The fourth-order valence-electron chi connectivity index (χ4n) is 1.24. The summed E-state index contributed by atoms with van der Waals surface area (Å²) in [5.74, 6) is -0.868. The normalized spacial score (nSPS) is 11.8. The molecular weight excluding hydrogens is 402 g/mol. The van der Waals surface area contributed by atoms with Crippen LogP contribution in [0, 0.1) is 0 Å². The van der Waals surface area contributed by atoms with Crippen molar-refractivity contribution in [2.24, 2.45) is 0 Å². The predicted octanol–water partition coefficient (Wildman–Crippen LogP) is 4.76. The standard InChI is InChI=1S/C11H9Br2NO2S2/c1-11(2,10(15)16)7-4-17-9(14-7)6-3-5(12)8(13)18-6/h3-4H,1-2H3,(H,15,16). The van der Waals surface area contributed by atoms with Crippen LogP contribution in [0.1, 0.15) is 19.5 Å². The summed E-state index contributed by atoms with van der Waals surface area (Å²) in [6, 6.07) is 1.98. The molecule has 0 atom stereocenters. The van der Waals surface area contributed by atoms with Crippen molar-refractivity contribution in [2.75, 3.05) is 0 Å². The maximum Gasteiger partial charge on any atom is 0.315 e. The molecule has 2 aromatic rings. The Kier molecular flexibility index (Phi) is 3.96. The van der Waals surface area contributed by atoms with Crippen LogP contribution < -0.4 is 0 Å². The summed E-state index contributed by atoms with van der Waals surface area (Å²) in [5, 5.41) is 11.8. The molecule has 0 amide bonds. The number of aliphatic carboxylic acids is 1. The van der Waals surface area contributed by atoms with Crippen molar-refractivity contribution in [2.45, 2.75) is 19.3 Å². The van der Waals surface area contributed by atoms with Gasteiger partial charge in [-0.25, -0.2) is 4.98 Å². The lowest BCUT2D eigenvalue weighted by Crippen LogP contribution is -2.28. The molecular formula is C11H9Br2NO2S2. The molecule has 0 unspecified atom stereocenters. The van der Waals surface area contributed by atoms with E-state index in [1.807, 2.05) is 11.4 Å². The van der Waals surface area contributed by atoms with Gasteiger partial charge in [0.1, 0.15) is 10.4 Å². The van der Waals surface area contributed by atoms with Crippen LogP contribution in [-0.2, 0) is 10.2 Å². The Balaban J connectivity index is 2.39. The van der Waals surface area contributed by atoms with E-state index in [4.69, 9.17) is 0 Å². The smallest absolute Gasteiger partial charge is 0.315 e. The Morgan fingerprint density at radius 1 is 1.44 bits per heavy atom. The third kappa shape index (κ3) is 2.54. The topological polar surface area (TPSA) is 50.2 Å². The highest BCUT2D eigenvalue weighted by molar-refractivity contribution is 9.13. The molecule has 1 N–H and O–H groups in total. The van der Waals surface area contributed by atoms with Crippen LogP contribution in [-0.4, -0.2) is 16.1 Å². The molecule has 0 spiro atoms. The molecule has 0 aliphatic rings. The molecule has 18 heavy (non-hydrogen) atoms. The second-order valence-electron chi connectivity index (χ2n) is 4.20. The van der Waals surface area contributed by atoms with E-state index >= 15 is 0 Å². The number of carboxylic acids is 1. The van der Waals surface area contributed by atoms with Gasteiger partial charge in [0.25, 0.3) is 0 Å². The summed E-state index contributed by atoms with van der Waals surface area (Å²) in [4.78, 5) is 16.6. The van der Waals surface area contributed by atoms with Crippen LogP contribution in [0.25, 0.3) is 9.88 Å². The minimum Gasteiger partial charge on any atom is -0.481 e. The molecule has 0 aromatic carbocycles. The third-order valence-corrected chi connectivity index (χ3v) is 6.80. The molecule has 2 rings (SSSR count). The van der Waals surface area contributed by atoms with Crippen molar-refractivity contribution in [1.29, 1.82) is 0 Å². The number of carbonyl (C=O) groups is 1. The van der Waals surface area contributed by atoms with Crippen molar-refractivity contribution in [3.05, 3.63) is 25.4 Å². The van der Waals surface area contributed by atoms with Crippen molar-refractivity contribution in [3.63, 3.8) is 0 Å². The number of rotatable bonds is 3. The van der Waals surface area contributed by atoms with Gasteiger partial charge >= 0.3 is 5.97 Å². The van der Waals surface area contributed by atoms with Crippen molar-refractivity contribution >= 4 is 60.5 Å². The highest BCUT2D eigenvalue weighted by Gasteiger charge is 2.32. The molecule has 0 fully saturated rings. The van der Waals surface area contributed by atoms with E-state index in [0.29, 0.717) is 5.69 Å². The van der Waals surface area contributed by atoms with Gasteiger partial charge in [-0.1, -0.05) is 0 Å². The van der Waals surface area contributed by atoms with Gasteiger partial charge in [0.05, 0.1) is 14.4 Å². The highest BCUT2D eigenvalue weighted by Crippen LogP contribution is 2.40. The monoisotopic (exact) mass is 409 g/mol. The van der Waals surface area contributed by atoms with Crippen LogP contribution in [0.5, 0.6) is 0 Å². The Labute approximate surface area is 129 Å². The molecule has 0 radical (unpaired) electrons. The van der Waals surface area contributed by atoms with Crippen molar-refractivity contribution in [3.8, 4) is 9.88 Å². The summed E-state index contributed by atoms with van der Waals surface area (Å²) in [6.45, 7) is 3.32. The number of nitrogens with zero attached hydrogens (tertiary/aromatic N) is 1. The summed E-state index contributed by atoms with van der Waals surface area (Å²) in [5.41, 5.74) is -0.365. The van der Waals surface area contributed by atoms with Crippen LogP contribution in [0.2, 0.25) is 0 Å². The lowest BCUT2D eigenvalue weighted by Gasteiger charge is -2.15. The summed E-state index contributed by atoms with van der Waals surface area (Å²) < 4.78 is 1.99. The van der Waals surface area contributed by atoms with E-state index in [1.54, 1.807) is 25.2 Å². The number of hydrogen-bond donors (Lipinski definition) is 1. The lowest BCUT2D eigenvalue weighted by molar-refractivity contribution is -0.142. The first-order valence-corrected chi connectivity index (χ1v) is 8.25. The largest absolute Gasteiger partial charge is 0.481 e. The van der Waals surface area contributed by atoms with Gasteiger partial charge in [0.2, 0.25) is 0 Å². The Bertz CT molecular complexity index is 584. The van der Waals surface area contributed by atoms with Gasteiger partial charge < -0.3 is 5.11 Å². The maximum absolute atomic E-state index is 11.2. The van der Waals surface area contributed by atoms with Crippen molar-refractivity contribution in [1.82, 2.24) is 4.98 Å². The molecule has 3 nitrogen and oxygen atoms in total. The first kappa shape index (κ1) is 14.2. The van der Waals surface area contributed by atoms with Crippen LogP contribution in [0.4, 0.5) is 0 Å². The Morgan fingerprint density at radius 3 is 2.61 bits per heavy atom. The van der Waals surface area contributed by atoms with Crippen molar-refractivity contribution < 1.29 is 9.90 Å². The second-order valence-corrected chi connectivity index (χ2v) is 8.28. The molecule has 0 aliphatic carbocycles. The fraction of sp³-hybridized carbons (Fsp3) is 0.273. The van der Waals surface area contributed by atoms with Gasteiger partial charge in [0, 0.05) is 9.85 Å². The third-order valence-electron chi connectivity index (χ3n) is 2.54. The van der Waals surface area contributed by atoms with Crippen LogP contribution in [0.15, 0.2) is 19.7 Å². The highest BCUT2D eigenvalue weighted by atomic mass is 79.9. The number of carboxylic acid groups (broad SMARTS) is 1. The Morgan fingerprint density at radius 2 is 2.11 bits per heavy atom. The Hall–Kier alpha value is -0.240. The van der Waals surface area contributed by atoms with Crippen LogP contribution >= 0.6 is 54.5 Å². The van der Waals surface area contributed by atoms with E-state index in [9.17, 15) is 9.90 Å². The van der Waals surface area contributed by atoms with E-state index in [0.717, 1.165) is 18.1 Å². The van der Waals surface area contributed by atoms with E-state index in [1.165, 1.54) is 11.3 Å². The fourth-order valence-corrected chi connectivity index (χ4v) is 4.32. The summed E-state index contributed by atoms with van der Waals surface area (Å²) >= 11 is 9.90. The quantitative estimate of drug-likeness (QED) is 0.793. The molecule has 0 saturated carbocycles. The zero-order valence-corrected chi connectivity index (χ0v) is 14.3. The number of halogens is 2. The SMILES string of the molecule is CC(C)(C(=O)O)c1csc(-c2cc(Br)c(Br)s2)n1. The molecule has 0 saturated heterocycles. The predicted molar refractivity (Wildman–Crippen MR) is 81.5 cm³/mol. The van der Waals surface area contributed by atoms with Gasteiger partial charge in [-0.15, -0.1) is 22.7 Å². The summed E-state index contributed by atoms with van der Waals surface area (Å²) in [6.07, 6.45) is 0. The average molecular weight is 411 g/mol. The minimum atomic E-state index is -0.958. The first-order valence-electron chi connectivity index (χ1n) is 4.97. The first-order chi connectivity index (χ1) is 8.32. The summed E-state index contributed by atoms with van der Waals surface area (Å²) in [7, 11) is 0. The lowest BCUT2D eigenvalue weighted by atomic mass is 9.90. The minimum absolute atomic E-state index is 0.593. The number of hydrogen-bond acceptors (Lipinski definition) is 4. The van der Waals surface area contributed by atoms with Crippen LogP contribution in [0.3, 0.4) is 0 Å². The van der Waals surface area contributed by atoms with E-state index < -0.39 is 11.4 Å². The van der Waals surface area contributed by atoms with E-state index in [-0.39, 0.29) is 0 Å². The number of thiazole rings is 1. The second kappa shape index (κ2) is 5.03. The molecule has 0 bridgehead atoms. The molecule has 2 heterocycles. The van der Waals surface area contributed by atoms with Gasteiger partial charge in [-0.3, -0.25) is 4.79 Å². The van der Waals surface area contributed by atoms with E-state index in [2.05, 4.69) is 36.8 Å². The van der Waals surface area contributed by atoms with Gasteiger partial charge in [-0.2, -0.15) is 0 Å². The average Bonchev–Trinajstić information content (AvgIpc) is 2.86. The zero-order valence-electron chi connectivity index (χ0n) is 9.53. The number of thiophene rings is 1. The molecule has 2 aromatic heterocycles. The van der Waals surface area contributed by atoms with Gasteiger partial charge in [-0.05, 0) is 51.8 Å². The number of aromatic nitrogens is 1.